The van der Waals surface area contributed by atoms with Gasteiger partial charge in [0.2, 0.25) is 0 Å². The Morgan fingerprint density at radius 3 is 1.29 bits per heavy atom. The molecule has 0 unspecified atom stereocenters. The van der Waals surface area contributed by atoms with Crippen molar-refractivity contribution in [2.45, 2.75) is 0 Å². The second-order valence-corrected chi connectivity index (χ2v) is 19.7. The zero-order valence-corrected chi connectivity index (χ0v) is 37.6. The monoisotopic (exact) mass is 901 g/mol. The molecule has 0 bridgehead atoms. The van der Waals surface area contributed by atoms with E-state index in [1.54, 1.807) is 0 Å². The molecule has 0 spiro atoms. The Kier molecular flexibility index (Phi) is 8.37. The van der Waals surface area contributed by atoms with Crippen molar-refractivity contribution in [3.8, 4) is 50.2 Å². The maximum atomic E-state index is 2.49. The molecule has 0 amide bonds. The topological polar surface area (TPSA) is 4.93 Å². The van der Waals surface area contributed by atoms with Gasteiger partial charge in [0, 0.05) is 0 Å². The summed E-state index contributed by atoms with van der Waals surface area (Å²) in [6, 6.07) is 88.1. The van der Waals surface area contributed by atoms with Crippen LogP contribution in [-0.2, 0) is 0 Å². The molecule has 0 aliphatic rings. The molecule has 0 N–H and O–H groups in total. The fourth-order valence-electron chi connectivity index (χ4n) is 11.2. The molecule has 2 aromatic heterocycles. The predicted octanol–water partition coefficient (Wildman–Crippen LogP) is 17.4. The third kappa shape index (κ3) is 5.53. The quantitative estimate of drug-likeness (QED) is 0.120. The molecule has 0 aliphatic carbocycles. The van der Waals surface area contributed by atoms with Crippen molar-refractivity contribution in [1.29, 1.82) is 0 Å². The number of rotatable bonds is 5. The van der Waals surface area contributed by atoms with E-state index in [-0.39, 0.29) is 14.5 Å². The molecule has 2 heterocycles. The SMILES string of the molecule is c1ccc(-c2c3ccccc3c(-c3ccc4[se]c5c(-c6c7ccccc7c(-c7ccc8c9ccccc9n(-c9ccccc9)c8c7)c7ccccc67)cccc5c4c3)c3ccccc23)cc1. The molecule has 0 radical (unpaired) electrons. The normalized spacial score (nSPS) is 11.9. The first-order chi connectivity index (χ1) is 32.8. The minimum absolute atomic E-state index is 0.123. The molecule has 14 rings (SSSR count). The van der Waals surface area contributed by atoms with Crippen LogP contribution in [0.25, 0.3) is 134 Å². The number of hydrogen-bond acceptors (Lipinski definition) is 0. The van der Waals surface area contributed by atoms with Gasteiger partial charge in [-0.2, -0.15) is 0 Å². The second-order valence-electron chi connectivity index (χ2n) is 17.5. The third-order valence-corrected chi connectivity index (χ3v) is 16.5. The van der Waals surface area contributed by atoms with E-state index in [2.05, 4.69) is 241 Å². The van der Waals surface area contributed by atoms with Crippen molar-refractivity contribution in [2.24, 2.45) is 0 Å². The van der Waals surface area contributed by atoms with E-state index < -0.39 is 0 Å². The number of para-hydroxylation sites is 2. The van der Waals surface area contributed by atoms with Gasteiger partial charge in [-0.3, -0.25) is 0 Å². The van der Waals surface area contributed by atoms with E-state index >= 15 is 0 Å². The number of fused-ring (bicyclic) bond motifs is 10. The van der Waals surface area contributed by atoms with E-state index in [0.29, 0.717) is 0 Å². The Bertz CT molecular complexity index is 4160. The summed E-state index contributed by atoms with van der Waals surface area (Å²) >= 11 is 0.123. The average Bonchev–Trinajstić information content (AvgIpc) is 3.93. The van der Waals surface area contributed by atoms with Crippen molar-refractivity contribution in [1.82, 2.24) is 4.57 Å². The van der Waals surface area contributed by atoms with Crippen LogP contribution in [0.4, 0.5) is 0 Å². The van der Waals surface area contributed by atoms with Gasteiger partial charge in [0.15, 0.2) is 0 Å². The van der Waals surface area contributed by atoms with Crippen LogP contribution in [0.5, 0.6) is 0 Å². The maximum absolute atomic E-state index is 2.49. The van der Waals surface area contributed by atoms with Gasteiger partial charge in [-0.1, -0.05) is 30.3 Å². The summed E-state index contributed by atoms with van der Waals surface area (Å²) in [5.41, 5.74) is 13.9. The van der Waals surface area contributed by atoms with Gasteiger partial charge >= 0.3 is 360 Å². The molecule has 2 heteroatoms. The van der Waals surface area contributed by atoms with Crippen LogP contribution in [0.1, 0.15) is 0 Å². The molecule has 0 aliphatic heterocycles. The van der Waals surface area contributed by atoms with Crippen LogP contribution in [0.2, 0.25) is 0 Å². The predicted molar refractivity (Wildman–Crippen MR) is 285 cm³/mol. The minimum atomic E-state index is 0.123. The molecular formula is C64H39NSe. The van der Waals surface area contributed by atoms with Crippen LogP contribution in [0.15, 0.2) is 237 Å². The van der Waals surface area contributed by atoms with Gasteiger partial charge < -0.3 is 0 Å². The Labute approximate surface area is 387 Å². The number of nitrogens with zero attached hydrogens (tertiary/aromatic N) is 1. The first-order valence-corrected chi connectivity index (χ1v) is 24.5. The first-order valence-electron chi connectivity index (χ1n) is 22.8. The summed E-state index contributed by atoms with van der Waals surface area (Å²) < 4.78 is 5.33. The van der Waals surface area contributed by atoms with Crippen LogP contribution < -0.4 is 0 Å². The number of hydrogen-bond donors (Lipinski definition) is 0. The Hall–Kier alpha value is -8.00. The van der Waals surface area contributed by atoms with Gasteiger partial charge in [-0.25, -0.2) is 0 Å². The van der Waals surface area contributed by atoms with Crippen LogP contribution in [-0.4, -0.2) is 19.1 Å². The number of benzene rings is 12. The third-order valence-electron chi connectivity index (χ3n) is 14.0. The summed E-state index contributed by atoms with van der Waals surface area (Å²) in [6.45, 7) is 0. The Morgan fingerprint density at radius 1 is 0.258 bits per heavy atom. The average molecular weight is 901 g/mol. The van der Waals surface area contributed by atoms with Gasteiger partial charge in [-0.05, 0) is 0 Å². The molecule has 0 saturated heterocycles. The molecule has 12 aromatic carbocycles. The second kappa shape index (κ2) is 14.8. The molecule has 1 nitrogen and oxygen atoms in total. The van der Waals surface area contributed by atoms with E-state index in [9.17, 15) is 0 Å². The fraction of sp³-hybridized carbons (Fsp3) is 0. The van der Waals surface area contributed by atoms with Crippen molar-refractivity contribution < 1.29 is 0 Å². The summed E-state index contributed by atoms with van der Waals surface area (Å²) in [6.07, 6.45) is 0. The van der Waals surface area contributed by atoms with Crippen molar-refractivity contribution >= 4 is 98.7 Å². The molecule has 0 fully saturated rings. The van der Waals surface area contributed by atoms with Gasteiger partial charge in [0.25, 0.3) is 0 Å². The van der Waals surface area contributed by atoms with Gasteiger partial charge in [0.05, 0.1) is 0 Å². The molecule has 0 atom stereocenters. The zero-order valence-electron chi connectivity index (χ0n) is 35.9. The Balaban J connectivity index is 0.990. The molecular weight excluding hydrogens is 862 g/mol. The van der Waals surface area contributed by atoms with Gasteiger partial charge in [0.1, 0.15) is 0 Å². The van der Waals surface area contributed by atoms with E-state index in [0.717, 1.165) is 0 Å². The number of aromatic nitrogens is 1. The standard InChI is InChI=1S/C64H39NSe/c1-3-18-40(19-4-1)60-46-23-7-9-25-48(46)61(49-26-10-8-24-47(49)60)41-35-37-59-56(38-41)54-31-17-32-55(64(54)66-59)63-52-29-13-11-27-50(52)62(51-28-12-14-30-53(51)63)42-34-36-45-44-22-15-16-33-57(44)65(58(45)39-42)43-20-5-2-6-21-43/h1-39H. The first kappa shape index (κ1) is 37.4. The summed E-state index contributed by atoms with van der Waals surface area (Å²) in [7, 11) is 0. The van der Waals surface area contributed by atoms with Gasteiger partial charge in [-0.15, -0.1) is 0 Å². The zero-order chi connectivity index (χ0) is 43.3. The molecule has 66 heavy (non-hydrogen) atoms. The fourth-order valence-corrected chi connectivity index (χ4v) is 13.7. The Morgan fingerprint density at radius 2 is 0.697 bits per heavy atom. The van der Waals surface area contributed by atoms with E-state index in [1.807, 2.05) is 0 Å². The molecule has 14 aromatic rings. The summed E-state index contributed by atoms with van der Waals surface area (Å²) in [5.74, 6) is 0. The van der Waals surface area contributed by atoms with Crippen LogP contribution >= 0.6 is 0 Å². The van der Waals surface area contributed by atoms with Crippen molar-refractivity contribution in [3.05, 3.63) is 237 Å². The molecule has 306 valence electrons. The summed E-state index contributed by atoms with van der Waals surface area (Å²) in [5, 5.41) is 15.5. The van der Waals surface area contributed by atoms with Crippen LogP contribution in [0.3, 0.4) is 0 Å². The van der Waals surface area contributed by atoms with Crippen molar-refractivity contribution in [2.75, 3.05) is 0 Å². The summed E-state index contributed by atoms with van der Waals surface area (Å²) in [4.78, 5) is 0. The van der Waals surface area contributed by atoms with E-state index in [1.165, 1.54) is 134 Å². The molecule has 0 saturated carbocycles. The van der Waals surface area contributed by atoms with E-state index in [4.69, 9.17) is 0 Å². The van der Waals surface area contributed by atoms with Crippen LogP contribution in [0, 0.1) is 0 Å². The van der Waals surface area contributed by atoms with Crippen molar-refractivity contribution in [3.63, 3.8) is 0 Å².